The number of hydrogen-bond acceptors (Lipinski definition) is 2. The largest absolute Gasteiger partial charge is 0.357 e. The van der Waals surface area contributed by atoms with Crippen LogP contribution in [0.3, 0.4) is 0 Å². The summed E-state index contributed by atoms with van der Waals surface area (Å²) in [7, 11) is 0. The quantitative estimate of drug-likeness (QED) is 0.347. The van der Waals surface area contributed by atoms with Crippen molar-refractivity contribution in [2.24, 2.45) is 10.9 Å². The van der Waals surface area contributed by atoms with E-state index in [0.717, 1.165) is 30.8 Å². The van der Waals surface area contributed by atoms with Gasteiger partial charge in [-0.2, -0.15) is 0 Å². The number of allylic oxidation sites excluding steroid dienone is 7. The highest BCUT2D eigenvalue weighted by molar-refractivity contribution is 6.09. The molecule has 1 aromatic heterocycles. The van der Waals surface area contributed by atoms with Gasteiger partial charge >= 0.3 is 0 Å². The molecule has 3 unspecified atom stereocenters. The Morgan fingerprint density at radius 3 is 2.87 bits per heavy atom. The minimum absolute atomic E-state index is 0.326. The molecule has 3 aromatic rings. The van der Waals surface area contributed by atoms with E-state index in [2.05, 4.69) is 121 Å². The molecule has 0 spiro atoms. The molecule has 0 amide bonds. The van der Waals surface area contributed by atoms with Crippen LogP contribution in [0, 0.1) is 12.8 Å². The Bertz CT molecular complexity index is 1680. The molecule has 2 aromatic carbocycles. The summed E-state index contributed by atoms with van der Waals surface area (Å²) in [6.07, 6.45) is 26.4. The van der Waals surface area contributed by atoms with Crippen molar-refractivity contribution >= 4 is 34.0 Å². The topological polar surface area (TPSA) is 31.4 Å². The molecule has 2 aliphatic heterocycles. The highest BCUT2D eigenvalue weighted by Gasteiger charge is 2.44. The minimum atomic E-state index is 0.326. The first kappa shape index (κ1) is 23.7. The highest BCUT2D eigenvalue weighted by atomic mass is 15.2. The molecule has 7 rings (SSSR count). The van der Waals surface area contributed by atoms with Gasteiger partial charge in [-0.25, -0.2) is 0 Å². The number of nitrogens with one attached hydrogen (secondary N) is 1. The molecule has 2 aliphatic carbocycles. The number of hydrogen-bond donors (Lipinski definition) is 1. The number of aryl methyl sites for hydroxylation is 1. The maximum atomic E-state index is 4.77. The zero-order valence-electron chi connectivity index (χ0n) is 22.3. The van der Waals surface area contributed by atoms with Crippen molar-refractivity contribution in [2.75, 3.05) is 11.4 Å². The molecular formula is C36H33N3. The van der Waals surface area contributed by atoms with Gasteiger partial charge in [-0.1, -0.05) is 79.5 Å². The smallest absolute Gasteiger partial charge is 0.0644 e. The molecule has 1 N–H and O–H groups in total. The van der Waals surface area contributed by atoms with Crippen LogP contribution < -0.4 is 4.90 Å². The van der Waals surface area contributed by atoms with Crippen molar-refractivity contribution in [3.8, 4) is 0 Å². The Balaban J connectivity index is 1.24. The number of nitrogens with zero attached hydrogens (tertiary/aromatic N) is 2. The van der Waals surface area contributed by atoms with E-state index < -0.39 is 0 Å². The number of H-pyrrole nitrogens is 1. The van der Waals surface area contributed by atoms with Gasteiger partial charge in [-0.05, 0) is 78.5 Å². The average Bonchev–Trinajstić information content (AvgIpc) is 3.50. The molecule has 3 heteroatoms. The molecule has 1 fully saturated rings. The maximum absolute atomic E-state index is 4.77. The lowest BCUT2D eigenvalue weighted by molar-refractivity contribution is 0.673. The highest BCUT2D eigenvalue weighted by Crippen LogP contribution is 2.46. The molecule has 39 heavy (non-hydrogen) atoms. The third-order valence-corrected chi connectivity index (χ3v) is 8.54. The molecule has 0 bridgehead atoms. The fourth-order valence-electron chi connectivity index (χ4n) is 6.61. The Kier molecular flexibility index (Phi) is 5.93. The Hall–Kier alpha value is -4.37. The summed E-state index contributed by atoms with van der Waals surface area (Å²) < 4.78 is 0. The summed E-state index contributed by atoms with van der Waals surface area (Å²) in [5.74, 6) is 0.382. The number of aromatic nitrogens is 1. The summed E-state index contributed by atoms with van der Waals surface area (Å²) in [5.41, 5.74) is 11.3. The van der Waals surface area contributed by atoms with Crippen LogP contribution in [0.25, 0.3) is 22.6 Å². The first-order valence-corrected chi connectivity index (χ1v) is 14.0. The Labute approximate surface area is 230 Å². The van der Waals surface area contributed by atoms with E-state index in [9.17, 15) is 0 Å². The summed E-state index contributed by atoms with van der Waals surface area (Å²) in [6.45, 7) is 6.87. The molecular weight excluding hydrogens is 474 g/mol. The minimum Gasteiger partial charge on any atom is -0.357 e. The lowest BCUT2D eigenvalue weighted by Gasteiger charge is -2.33. The SMILES string of the molecule is C=CC=Cc1[nH]c2ccc(C3=CCC4C(=C3)C3C=CC=CC3N4c3cccc(C4=NCCC=C4)c3)cc2c1C. The van der Waals surface area contributed by atoms with Gasteiger partial charge in [0.1, 0.15) is 0 Å². The van der Waals surface area contributed by atoms with E-state index >= 15 is 0 Å². The maximum Gasteiger partial charge on any atom is 0.0644 e. The number of rotatable bonds is 5. The van der Waals surface area contributed by atoms with Crippen LogP contribution in [-0.4, -0.2) is 29.3 Å². The lowest BCUT2D eigenvalue weighted by atomic mass is 9.84. The van der Waals surface area contributed by atoms with Crippen LogP contribution in [0.15, 0.2) is 120 Å². The molecule has 0 saturated carbocycles. The number of benzene rings is 2. The third kappa shape index (κ3) is 4.10. The number of dihydropyridines is 1. The van der Waals surface area contributed by atoms with Crippen molar-refractivity contribution in [1.82, 2.24) is 4.98 Å². The zero-order chi connectivity index (χ0) is 26.3. The summed E-state index contributed by atoms with van der Waals surface area (Å²) in [6, 6.07) is 16.5. The number of aliphatic imine (C=N–C) groups is 1. The van der Waals surface area contributed by atoms with Crippen molar-refractivity contribution < 1.29 is 0 Å². The Morgan fingerprint density at radius 1 is 1.08 bits per heavy atom. The third-order valence-electron chi connectivity index (χ3n) is 8.54. The molecule has 4 aliphatic rings. The van der Waals surface area contributed by atoms with Gasteiger partial charge < -0.3 is 9.88 Å². The number of aromatic amines is 1. The van der Waals surface area contributed by atoms with Gasteiger partial charge in [-0.3, -0.25) is 4.99 Å². The van der Waals surface area contributed by atoms with E-state index in [0.29, 0.717) is 18.0 Å². The van der Waals surface area contributed by atoms with Crippen molar-refractivity contribution in [3.05, 3.63) is 138 Å². The van der Waals surface area contributed by atoms with E-state index in [1.165, 1.54) is 44.4 Å². The molecule has 3 nitrogen and oxygen atoms in total. The van der Waals surface area contributed by atoms with E-state index in [1.807, 2.05) is 12.2 Å². The second kappa shape index (κ2) is 9.74. The fraction of sp³-hybridized carbons (Fsp3) is 0.194. The molecule has 1 saturated heterocycles. The van der Waals surface area contributed by atoms with Crippen LogP contribution >= 0.6 is 0 Å². The van der Waals surface area contributed by atoms with Crippen LogP contribution in [0.1, 0.15) is 35.2 Å². The molecule has 0 radical (unpaired) electrons. The van der Waals surface area contributed by atoms with E-state index in [-0.39, 0.29) is 0 Å². The van der Waals surface area contributed by atoms with Gasteiger partial charge in [0.25, 0.3) is 0 Å². The summed E-state index contributed by atoms with van der Waals surface area (Å²) in [5, 5.41) is 1.28. The fourth-order valence-corrected chi connectivity index (χ4v) is 6.61. The van der Waals surface area contributed by atoms with Crippen LogP contribution in [-0.2, 0) is 0 Å². The van der Waals surface area contributed by atoms with Crippen LogP contribution in [0.4, 0.5) is 5.69 Å². The van der Waals surface area contributed by atoms with E-state index in [4.69, 9.17) is 4.99 Å². The van der Waals surface area contributed by atoms with Gasteiger partial charge in [0.2, 0.25) is 0 Å². The standard InChI is InChI=1S/C36H33N3/c1-3-4-13-32-24(2)30-22-25(16-18-34(30)38-32)26-17-19-36-31(23-26)29-12-5-6-15-35(29)39(36)28-11-9-10-27(21-28)33-14-7-8-20-37-33/h3-7,9-18,21-23,29,35-36,38H,1,8,19-20H2,2H3. The first-order valence-electron chi connectivity index (χ1n) is 14.0. The first-order chi connectivity index (χ1) is 19.2. The van der Waals surface area contributed by atoms with Crippen molar-refractivity contribution in [2.45, 2.75) is 31.8 Å². The normalized spacial score (nSPS) is 23.6. The zero-order valence-corrected chi connectivity index (χ0v) is 22.3. The van der Waals surface area contributed by atoms with Gasteiger partial charge in [0, 0.05) is 40.3 Å². The number of fused-ring (bicyclic) bond motifs is 4. The molecule has 3 heterocycles. The summed E-state index contributed by atoms with van der Waals surface area (Å²) >= 11 is 0. The Morgan fingerprint density at radius 2 is 2.00 bits per heavy atom. The van der Waals surface area contributed by atoms with Gasteiger partial charge in [-0.15, -0.1) is 0 Å². The van der Waals surface area contributed by atoms with Crippen molar-refractivity contribution in [1.29, 1.82) is 0 Å². The molecule has 3 atom stereocenters. The average molecular weight is 508 g/mol. The van der Waals surface area contributed by atoms with Gasteiger partial charge in [0.15, 0.2) is 0 Å². The summed E-state index contributed by atoms with van der Waals surface area (Å²) in [4.78, 5) is 11.0. The second-order valence-corrected chi connectivity index (χ2v) is 10.8. The predicted molar refractivity (Wildman–Crippen MR) is 166 cm³/mol. The van der Waals surface area contributed by atoms with Gasteiger partial charge in [0.05, 0.1) is 17.8 Å². The lowest BCUT2D eigenvalue weighted by Crippen LogP contribution is -2.37. The second-order valence-electron chi connectivity index (χ2n) is 10.8. The predicted octanol–water partition coefficient (Wildman–Crippen LogP) is 8.14. The van der Waals surface area contributed by atoms with E-state index in [1.54, 1.807) is 0 Å². The van der Waals surface area contributed by atoms with Crippen molar-refractivity contribution in [3.63, 3.8) is 0 Å². The van der Waals surface area contributed by atoms with Crippen LogP contribution in [0.2, 0.25) is 0 Å². The molecule has 192 valence electrons. The number of anilines is 1. The monoisotopic (exact) mass is 507 g/mol. The van der Waals surface area contributed by atoms with Crippen LogP contribution in [0.5, 0.6) is 0 Å².